The van der Waals surface area contributed by atoms with E-state index in [1.165, 1.54) is 0 Å². The van der Waals surface area contributed by atoms with Crippen LogP contribution in [0.4, 0.5) is 5.69 Å². The normalized spacial score (nSPS) is 13.0. The third-order valence-corrected chi connectivity index (χ3v) is 4.16. The van der Waals surface area contributed by atoms with Crippen molar-refractivity contribution >= 4 is 17.5 Å². The van der Waals surface area contributed by atoms with Crippen molar-refractivity contribution < 1.29 is 18.7 Å². The third-order valence-electron chi connectivity index (χ3n) is 4.16. The Bertz CT molecular complexity index is 968. The molecule has 3 heterocycles. The lowest BCUT2D eigenvalue weighted by Gasteiger charge is -2.28. The van der Waals surface area contributed by atoms with Crippen molar-refractivity contribution in [3.05, 3.63) is 78.0 Å². The molecular formula is C20H17N3O4. The van der Waals surface area contributed by atoms with Crippen LogP contribution in [0.5, 0.6) is 5.75 Å². The molecule has 1 N–H and O–H groups in total. The molecule has 2 aromatic heterocycles. The topological polar surface area (TPSA) is 84.7 Å². The lowest BCUT2D eigenvalue weighted by atomic mass is 10.2. The highest BCUT2D eigenvalue weighted by Crippen LogP contribution is 2.32. The number of benzene rings is 1. The maximum atomic E-state index is 12.3. The smallest absolute Gasteiger partial charge is 0.287 e. The summed E-state index contributed by atoms with van der Waals surface area (Å²) in [7, 11) is 0. The molecule has 7 nitrogen and oxygen atoms in total. The molecule has 0 saturated carbocycles. The second-order valence-corrected chi connectivity index (χ2v) is 6.01. The van der Waals surface area contributed by atoms with Gasteiger partial charge in [-0.25, -0.2) is 0 Å². The van der Waals surface area contributed by atoms with Crippen LogP contribution in [-0.4, -0.2) is 23.4 Å². The van der Waals surface area contributed by atoms with Gasteiger partial charge in [0.1, 0.15) is 11.5 Å². The molecule has 0 fully saturated rings. The maximum Gasteiger partial charge on any atom is 0.287 e. The number of anilines is 1. The molecule has 1 aliphatic rings. The summed E-state index contributed by atoms with van der Waals surface area (Å²) < 4.78 is 11.1. The van der Waals surface area contributed by atoms with Gasteiger partial charge in [0.2, 0.25) is 0 Å². The van der Waals surface area contributed by atoms with Crippen LogP contribution < -0.4 is 15.0 Å². The number of carbonyl (C=O) groups is 2. The van der Waals surface area contributed by atoms with Crippen LogP contribution >= 0.6 is 0 Å². The summed E-state index contributed by atoms with van der Waals surface area (Å²) in [5, 5.41) is 2.76. The summed E-state index contributed by atoms with van der Waals surface area (Å²) in [6.07, 6.45) is 1.67. The van der Waals surface area contributed by atoms with E-state index in [0.717, 1.165) is 5.69 Å². The summed E-state index contributed by atoms with van der Waals surface area (Å²) in [5.41, 5.74) is 1.44. The number of hydrogen-bond acceptors (Lipinski definition) is 5. The predicted octanol–water partition coefficient (Wildman–Crippen LogP) is 2.53. The molecule has 3 aromatic rings. The first-order valence-corrected chi connectivity index (χ1v) is 8.50. The molecule has 1 aliphatic heterocycles. The predicted molar refractivity (Wildman–Crippen MR) is 97.2 cm³/mol. The number of nitrogens with zero attached hydrogens (tertiary/aromatic N) is 2. The highest BCUT2D eigenvalue weighted by atomic mass is 16.5. The number of ether oxygens (including phenoxy) is 1. The van der Waals surface area contributed by atoms with E-state index in [4.69, 9.17) is 9.15 Å². The number of para-hydroxylation sites is 2. The van der Waals surface area contributed by atoms with Crippen molar-refractivity contribution in [2.45, 2.75) is 13.1 Å². The first-order chi connectivity index (χ1) is 13.2. The van der Waals surface area contributed by atoms with E-state index in [2.05, 4.69) is 10.3 Å². The van der Waals surface area contributed by atoms with Gasteiger partial charge in [0.05, 0.1) is 24.5 Å². The van der Waals surface area contributed by atoms with Crippen LogP contribution in [0, 0.1) is 0 Å². The second-order valence-electron chi connectivity index (χ2n) is 6.01. The van der Waals surface area contributed by atoms with Gasteiger partial charge in [-0.3, -0.25) is 19.5 Å². The van der Waals surface area contributed by atoms with Crippen LogP contribution in [0.2, 0.25) is 0 Å². The van der Waals surface area contributed by atoms with Gasteiger partial charge >= 0.3 is 0 Å². The zero-order valence-corrected chi connectivity index (χ0v) is 14.4. The number of furan rings is 1. The first-order valence-electron chi connectivity index (χ1n) is 8.50. The van der Waals surface area contributed by atoms with Gasteiger partial charge in [-0.1, -0.05) is 18.2 Å². The Morgan fingerprint density at radius 3 is 2.81 bits per heavy atom. The summed E-state index contributed by atoms with van der Waals surface area (Å²) in [6.45, 7) is 0.521. The molecule has 136 valence electrons. The number of pyridine rings is 1. The van der Waals surface area contributed by atoms with Gasteiger partial charge in [-0.15, -0.1) is 0 Å². The quantitative estimate of drug-likeness (QED) is 0.753. The van der Waals surface area contributed by atoms with Crippen LogP contribution in [0.15, 0.2) is 65.2 Å². The Hall–Kier alpha value is -3.61. The average molecular weight is 363 g/mol. The molecule has 4 rings (SSSR count). The van der Waals surface area contributed by atoms with Crippen molar-refractivity contribution in [2.75, 3.05) is 11.5 Å². The lowest BCUT2D eigenvalue weighted by molar-refractivity contribution is -0.121. The Morgan fingerprint density at radius 1 is 1.11 bits per heavy atom. The number of carbonyl (C=O) groups excluding carboxylic acids is 2. The molecule has 27 heavy (non-hydrogen) atoms. The van der Waals surface area contributed by atoms with E-state index >= 15 is 0 Å². The van der Waals surface area contributed by atoms with Crippen molar-refractivity contribution in [2.24, 2.45) is 0 Å². The first kappa shape index (κ1) is 16.8. The number of hydrogen-bond donors (Lipinski definition) is 1. The lowest BCUT2D eigenvalue weighted by Crippen LogP contribution is -2.38. The zero-order chi connectivity index (χ0) is 18.6. The van der Waals surface area contributed by atoms with Crippen LogP contribution in [0.1, 0.15) is 22.0 Å². The van der Waals surface area contributed by atoms with Crippen molar-refractivity contribution in [3.63, 3.8) is 0 Å². The van der Waals surface area contributed by atoms with Gasteiger partial charge in [0.15, 0.2) is 12.4 Å². The van der Waals surface area contributed by atoms with E-state index in [1.54, 1.807) is 23.2 Å². The van der Waals surface area contributed by atoms with Gasteiger partial charge in [0.25, 0.3) is 11.8 Å². The van der Waals surface area contributed by atoms with Gasteiger partial charge in [-0.2, -0.15) is 0 Å². The molecule has 7 heteroatoms. The SMILES string of the molecule is O=C(NCc1ccccn1)c1ccc(CN2C(=O)COc3ccccc32)o1. The van der Waals surface area contributed by atoms with Gasteiger partial charge < -0.3 is 14.5 Å². The molecule has 0 aliphatic carbocycles. The molecular weight excluding hydrogens is 346 g/mol. The van der Waals surface area contributed by atoms with Crippen molar-refractivity contribution in [1.29, 1.82) is 0 Å². The molecule has 0 saturated heterocycles. The van der Waals surface area contributed by atoms with Crippen molar-refractivity contribution in [1.82, 2.24) is 10.3 Å². The molecule has 0 bridgehead atoms. The summed E-state index contributed by atoms with van der Waals surface area (Å²) >= 11 is 0. The van der Waals surface area contributed by atoms with Crippen LogP contribution in [0.25, 0.3) is 0 Å². The van der Waals surface area contributed by atoms with Gasteiger partial charge in [0, 0.05) is 6.20 Å². The Balaban J connectivity index is 1.44. The van der Waals surface area contributed by atoms with E-state index in [-0.39, 0.29) is 30.7 Å². The number of rotatable bonds is 5. The monoisotopic (exact) mass is 363 g/mol. The summed E-state index contributed by atoms with van der Waals surface area (Å²) in [5.74, 6) is 0.863. The largest absolute Gasteiger partial charge is 0.482 e. The Morgan fingerprint density at radius 2 is 1.96 bits per heavy atom. The molecule has 1 aromatic carbocycles. The average Bonchev–Trinajstić information content (AvgIpc) is 3.18. The highest BCUT2D eigenvalue weighted by Gasteiger charge is 2.26. The summed E-state index contributed by atoms with van der Waals surface area (Å²) in [6, 6.07) is 16.1. The fourth-order valence-electron chi connectivity index (χ4n) is 2.83. The number of fused-ring (bicyclic) bond motifs is 1. The van der Waals surface area contributed by atoms with E-state index in [0.29, 0.717) is 23.7 Å². The minimum Gasteiger partial charge on any atom is -0.482 e. The fraction of sp³-hybridized carbons (Fsp3) is 0.150. The highest BCUT2D eigenvalue weighted by molar-refractivity contribution is 5.97. The number of amides is 2. The standard InChI is InChI=1S/C20H17N3O4/c24-19-13-26-17-7-2-1-6-16(17)23(19)12-15-8-9-18(27-15)20(25)22-11-14-5-3-4-10-21-14/h1-10H,11-13H2,(H,22,25). The molecule has 0 unspecified atom stereocenters. The van der Waals surface area contributed by atoms with Crippen LogP contribution in [-0.2, 0) is 17.9 Å². The minimum absolute atomic E-state index is 0.0187. The van der Waals surface area contributed by atoms with Gasteiger partial charge in [-0.05, 0) is 36.4 Å². The third kappa shape index (κ3) is 3.67. The molecule has 0 radical (unpaired) electrons. The fourth-order valence-corrected chi connectivity index (χ4v) is 2.83. The summed E-state index contributed by atoms with van der Waals surface area (Å²) in [4.78, 5) is 30.2. The Labute approximate surface area is 155 Å². The second kappa shape index (κ2) is 7.33. The van der Waals surface area contributed by atoms with Crippen molar-refractivity contribution in [3.8, 4) is 5.75 Å². The van der Waals surface area contributed by atoms with E-state index in [1.807, 2.05) is 42.5 Å². The minimum atomic E-state index is -0.333. The number of aromatic nitrogens is 1. The molecule has 0 atom stereocenters. The van der Waals surface area contributed by atoms with Crippen LogP contribution in [0.3, 0.4) is 0 Å². The molecule has 2 amide bonds. The number of nitrogens with one attached hydrogen (secondary N) is 1. The molecule has 0 spiro atoms. The van der Waals surface area contributed by atoms with E-state index in [9.17, 15) is 9.59 Å². The Kier molecular flexibility index (Phi) is 4.57. The maximum absolute atomic E-state index is 12.3. The van der Waals surface area contributed by atoms with E-state index < -0.39 is 0 Å². The zero-order valence-electron chi connectivity index (χ0n) is 14.4.